The molecule has 0 radical (unpaired) electrons. The largest absolute Gasteiger partial charge is 0.495 e. The third-order valence-corrected chi connectivity index (χ3v) is 6.43. The van der Waals surface area contributed by atoms with E-state index >= 15 is 0 Å². The number of nitrogens with one attached hydrogen (secondary N) is 1. The Morgan fingerprint density at radius 2 is 2.03 bits per heavy atom. The number of nitrogens with zero attached hydrogens (tertiary/aromatic N) is 2. The van der Waals surface area contributed by atoms with Crippen molar-refractivity contribution in [2.75, 3.05) is 13.7 Å². The standard InChI is InChI=1S/C23H25N3O4S/c1-30-19-10-6-5-9-17(19)26-22(28)21-18(12-14-31-21)25(23(26)29)15-20(27)24-13-11-16-7-3-2-4-8-16/h5-7,9-10,12,14H,2-4,8,11,13,15H2,1H3,(H,24,27). The molecule has 1 amide bonds. The van der Waals surface area contributed by atoms with Crippen LogP contribution in [0.1, 0.15) is 32.1 Å². The van der Waals surface area contributed by atoms with Crippen molar-refractivity contribution >= 4 is 27.5 Å². The second-order valence-corrected chi connectivity index (χ2v) is 8.44. The number of hydrogen-bond acceptors (Lipinski definition) is 5. The number of ether oxygens (including phenoxy) is 1. The highest BCUT2D eigenvalue weighted by Gasteiger charge is 2.19. The lowest BCUT2D eigenvalue weighted by Crippen LogP contribution is -2.41. The zero-order valence-electron chi connectivity index (χ0n) is 17.4. The van der Waals surface area contributed by atoms with Crippen LogP contribution in [-0.2, 0) is 11.3 Å². The van der Waals surface area contributed by atoms with E-state index in [2.05, 4.69) is 11.4 Å². The highest BCUT2D eigenvalue weighted by atomic mass is 32.1. The molecule has 2 heterocycles. The normalized spacial score (nSPS) is 13.8. The molecule has 0 bridgehead atoms. The van der Waals surface area contributed by atoms with Crippen molar-refractivity contribution in [3.8, 4) is 11.4 Å². The molecular formula is C23H25N3O4S. The summed E-state index contributed by atoms with van der Waals surface area (Å²) in [5.41, 5.74) is 1.23. The van der Waals surface area contributed by atoms with Gasteiger partial charge in [0.15, 0.2) is 0 Å². The molecule has 0 saturated heterocycles. The molecule has 1 aliphatic carbocycles. The summed E-state index contributed by atoms with van der Waals surface area (Å²) in [6, 6.07) is 8.56. The second-order valence-electron chi connectivity index (χ2n) is 7.52. The maximum atomic E-state index is 13.3. The SMILES string of the molecule is COc1ccccc1-n1c(=O)c2sccc2n(CC(=O)NCCC2=CCCCC2)c1=O. The van der Waals surface area contributed by atoms with Gasteiger partial charge in [-0.25, -0.2) is 9.36 Å². The minimum absolute atomic E-state index is 0.152. The van der Waals surface area contributed by atoms with E-state index in [0.29, 0.717) is 28.2 Å². The molecule has 0 saturated carbocycles. The van der Waals surface area contributed by atoms with E-state index in [4.69, 9.17) is 4.74 Å². The van der Waals surface area contributed by atoms with Crippen LogP contribution in [0.5, 0.6) is 5.75 Å². The van der Waals surface area contributed by atoms with Crippen LogP contribution in [0.3, 0.4) is 0 Å². The molecule has 31 heavy (non-hydrogen) atoms. The van der Waals surface area contributed by atoms with Crippen molar-refractivity contribution in [2.45, 2.75) is 38.6 Å². The lowest BCUT2D eigenvalue weighted by atomic mass is 9.97. The third kappa shape index (κ3) is 4.34. The molecule has 0 aliphatic heterocycles. The maximum absolute atomic E-state index is 13.3. The Hall–Kier alpha value is -3.13. The van der Waals surface area contributed by atoms with Crippen molar-refractivity contribution in [1.29, 1.82) is 0 Å². The summed E-state index contributed by atoms with van der Waals surface area (Å²) in [4.78, 5) is 39.0. The molecule has 162 valence electrons. The van der Waals surface area contributed by atoms with Crippen LogP contribution in [-0.4, -0.2) is 28.7 Å². The van der Waals surface area contributed by atoms with Crippen LogP contribution in [0, 0.1) is 0 Å². The van der Waals surface area contributed by atoms with Gasteiger partial charge < -0.3 is 10.1 Å². The molecule has 1 aromatic carbocycles. The van der Waals surface area contributed by atoms with Gasteiger partial charge in [0.05, 0.1) is 18.3 Å². The predicted octanol–water partition coefficient (Wildman–Crippen LogP) is 3.23. The number of thiophene rings is 1. The van der Waals surface area contributed by atoms with Crippen molar-refractivity contribution in [1.82, 2.24) is 14.5 Å². The number of carbonyl (C=O) groups is 1. The van der Waals surface area contributed by atoms with Gasteiger partial charge in [-0.15, -0.1) is 11.3 Å². The zero-order chi connectivity index (χ0) is 21.8. The maximum Gasteiger partial charge on any atom is 0.336 e. The van der Waals surface area contributed by atoms with Crippen LogP contribution < -0.4 is 21.3 Å². The average molecular weight is 440 g/mol. The number of hydrogen-bond donors (Lipinski definition) is 1. The van der Waals surface area contributed by atoms with Gasteiger partial charge in [-0.3, -0.25) is 14.2 Å². The van der Waals surface area contributed by atoms with Gasteiger partial charge in [0.1, 0.15) is 17.0 Å². The molecule has 0 unspecified atom stereocenters. The minimum atomic E-state index is -0.564. The van der Waals surface area contributed by atoms with Gasteiger partial charge in [0.2, 0.25) is 5.91 Å². The van der Waals surface area contributed by atoms with Gasteiger partial charge in [-0.1, -0.05) is 23.8 Å². The van der Waals surface area contributed by atoms with Gasteiger partial charge in [-0.05, 0) is 55.7 Å². The average Bonchev–Trinajstić information content (AvgIpc) is 3.28. The summed E-state index contributed by atoms with van der Waals surface area (Å²) < 4.78 is 8.21. The number of benzene rings is 1. The Bertz CT molecular complexity index is 1250. The summed E-state index contributed by atoms with van der Waals surface area (Å²) in [7, 11) is 1.49. The second kappa shape index (κ2) is 9.34. The number of fused-ring (bicyclic) bond motifs is 1. The monoisotopic (exact) mass is 439 g/mol. The fourth-order valence-electron chi connectivity index (χ4n) is 3.96. The number of carbonyl (C=O) groups excluding carboxylic acids is 1. The van der Waals surface area contributed by atoms with Gasteiger partial charge in [-0.2, -0.15) is 0 Å². The van der Waals surface area contributed by atoms with Gasteiger partial charge >= 0.3 is 5.69 Å². The number of amides is 1. The number of rotatable bonds is 7. The first-order chi connectivity index (χ1) is 15.1. The topological polar surface area (TPSA) is 82.3 Å². The first kappa shape index (κ1) is 21.1. The quantitative estimate of drug-likeness (QED) is 0.573. The van der Waals surface area contributed by atoms with Crippen LogP contribution in [0.2, 0.25) is 0 Å². The van der Waals surface area contributed by atoms with E-state index in [1.807, 2.05) is 0 Å². The molecule has 1 aliphatic rings. The smallest absolute Gasteiger partial charge is 0.336 e. The van der Waals surface area contributed by atoms with E-state index < -0.39 is 11.2 Å². The predicted molar refractivity (Wildman–Crippen MR) is 122 cm³/mol. The van der Waals surface area contributed by atoms with E-state index in [-0.39, 0.29) is 12.5 Å². The summed E-state index contributed by atoms with van der Waals surface area (Å²) in [5.74, 6) is 0.158. The number of aromatic nitrogens is 2. The number of allylic oxidation sites excluding steroid dienone is 1. The van der Waals surface area contributed by atoms with Crippen molar-refractivity contribution < 1.29 is 9.53 Å². The fraction of sp³-hybridized carbons (Fsp3) is 0.348. The molecule has 2 aromatic heterocycles. The van der Waals surface area contributed by atoms with Crippen molar-refractivity contribution in [3.63, 3.8) is 0 Å². The van der Waals surface area contributed by atoms with Crippen molar-refractivity contribution in [3.05, 3.63) is 68.2 Å². The summed E-state index contributed by atoms with van der Waals surface area (Å²) in [6.07, 6.45) is 7.73. The molecule has 8 heteroatoms. The Labute approximate surface area is 183 Å². The van der Waals surface area contributed by atoms with Crippen LogP contribution in [0.25, 0.3) is 15.9 Å². The Kier molecular flexibility index (Phi) is 6.36. The Morgan fingerprint density at radius 3 is 2.81 bits per heavy atom. The summed E-state index contributed by atoms with van der Waals surface area (Å²) in [6.45, 7) is 0.388. The summed E-state index contributed by atoms with van der Waals surface area (Å²) >= 11 is 1.25. The molecule has 4 rings (SSSR count). The lowest BCUT2D eigenvalue weighted by molar-refractivity contribution is -0.121. The number of para-hydroxylation sites is 2. The highest BCUT2D eigenvalue weighted by Crippen LogP contribution is 2.22. The first-order valence-corrected chi connectivity index (χ1v) is 11.3. The molecule has 1 N–H and O–H groups in total. The molecular weight excluding hydrogens is 414 g/mol. The Morgan fingerprint density at radius 1 is 1.19 bits per heavy atom. The third-order valence-electron chi connectivity index (χ3n) is 5.54. The first-order valence-electron chi connectivity index (χ1n) is 10.4. The van der Waals surface area contributed by atoms with E-state index in [1.165, 1.54) is 41.4 Å². The van der Waals surface area contributed by atoms with E-state index in [1.54, 1.807) is 35.7 Å². The van der Waals surface area contributed by atoms with Gasteiger partial charge in [0, 0.05) is 6.54 Å². The molecule has 0 atom stereocenters. The minimum Gasteiger partial charge on any atom is -0.495 e. The molecule has 3 aromatic rings. The van der Waals surface area contributed by atoms with Crippen LogP contribution in [0.15, 0.2) is 57.0 Å². The summed E-state index contributed by atoms with van der Waals surface area (Å²) in [5, 5.41) is 4.66. The van der Waals surface area contributed by atoms with E-state index in [9.17, 15) is 14.4 Å². The number of methoxy groups -OCH3 is 1. The van der Waals surface area contributed by atoms with E-state index in [0.717, 1.165) is 23.8 Å². The molecule has 7 nitrogen and oxygen atoms in total. The lowest BCUT2D eigenvalue weighted by Gasteiger charge is -2.15. The Balaban J connectivity index is 1.64. The fourth-order valence-corrected chi connectivity index (χ4v) is 4.78. The highest BCUT2D eigenvalue weighted by molar-refractivity contribution is 7.17. The molecule has 0 spiro atoms. The zero-order valence-corrected chi connectivity index (χ0v) is 18.2. The van der Waals surface area contributed by atoms with Crippen molar-refractivity contribution in [2.24, 2.45) is 0 Å². The van der Waals surface area contributed by atoms with Gasteiger partial charge in [0.25, 0.3) is 5.56 Å². The molecule has 0 fully saturated rings. The van der Waals surface area contributed by atoms with Crippen LogP contribution in [0.4, 0.5) is 0 Å². The van der Waals surface area contributed by atoms with Crippen LogP contribution >= 0.6 is 11.3 Å².